The fourth-order valence-corrected chi connectivity index (χ4v) is 1.26. The van der Waals surface area contributed by atoms with Crippen LogP contribution in [0.1, 0.15) is 16.1 Å². The van der Waals surface area contributed by atoms with Gasteiger partial charge in [-0.3, -0.25) is 9.89 Å². The quantitative estimate of drug-likeness (QED) is 0.680. The van der Waals surface area contributed by atoms with Crippen LogP contribution in [0.5, 0.6) is 0 Å². The number of amides is 1. The van der Waals surface area contributed by atoms with Crippen LogP contribution < -0.4 is 5.73 Å². The fraction of sp³-hybridized carbons (Fsp3) is 0. The lowest BCUT2D eigenvalue weighted by Crippen LogP contribution is -2.10. The summed E-state index contributed by atoms with van der Waals surface area (Å²) in [5, 5.41) is 15.8. The number of hydrogen-bond donors (Lipinski definition) is 2. The summed E-state index contributed by atoms with van der Waals surface area (Å²) in [6.07, 6.45) is 0. The smallest absolute Gasteiger partial charge is 0.248 e. The van der Waals surface area contributed by atoms with E-state index in [2.05, 4.69) is 10.2 Å². The van der Waals surface area contributed by atoms with Crippen molar-refractivity contribution < 1.29 is 4.79 Å². The molecule has 0 unspecified atom stereocenters. The van der Waals surface area contributed by atoms with Crippen molar-refractivity contribution in [2.45, 2.75) is 0 Å². The zero-order valence-electron chi connectivity index (χ0n) is 7.11. The summed E-state index contributed by atoms with van der Waals surface area (Å²) in [5.41, 5.74) is 6.45. The van der Waals surface area contributed by atoms with E-state index in [1.165, 1.54) is 0 Å². The SMILES string of the molecule is N#Cc1n[nH]c2cc(C(N)=O)ccc12. The highest BCUT2D eigenvalue weighted by Crippen LogP contribution is 2.16. The number of hydrogen-bond acceptors (Lipinski definition) is 3. The molecule has 3 N–H and O–H groups in total. The molecule has 0 spiro atoms. The van der Waals surface area contributed by atoms with E-state index in [1.54, 1.807) is 18.2 Å². The Hall–Kier alpha value is -2.35. The maximum Gasteiger partial charge on any atom is 0.248 e. The highest BCUT2D eigenvalue weighted by Gasteiger charge is 2.07. The third-order valence-electron chi connectivity index (χ3n) is 1.95. The number of rotatable bonds is 1. The van der Waals surface area contributed by atoms with Crippen LogP contribution in [0.2, 0.25) is 0 Å². The molecule has 1 aromatic heterocycles. The second-order valence-corrected chi connectivity index (χ2v) is 2.81. The molecule has 2 aromatic rings. The van der Waals surface area contributed by atoms with E-state index in [0.717, 1.165) is 0 Å². The Morgan fingerprint density at radius 2 is 2.36 bits per heavy atom. The van der Waals surface area contributed by atoms with Gasteiger partial charge in [0.05, 0.1) is 5.52 Å². The van der Waals surface area contributed by atoms with Gasteiger partial charge in [-0.05, 0) is 18.2 Å². The van der Waals surface area contributed by atoms with Gasteiger partial charge in [-0.1, -0.05) is 0 Å². The summed E-state index contributed by atoms with van der Waals surface area (Å²) in [6, 6.07) is 6.74. The second kappa shape index (κ2) is 2.85. The summed E-state index contributed by atoms with van der Waals surface area (Å²) in [5.74, 6) is -0.500. The molecule has 2 rings (SSSR count). The van der Waals surface area contributed by atoms with Crippen molar-refractivity contribution in [3.63, 3.8) is 0 Å². The zero-order valence-corrected chi connectivity index (χ0v) is 7.11. The largest absolute Gasteiger partial charge is 0.366 e. The van der Waals surface area contributed by atoms with Crippen molar-refractivity contribution in [2.75, 3.05) is 0 Å². The van der Waals surface area contributed by atoms with Crippen LogP contribution in [-0.2, 0) is 0 Å². The molecule has 0 atom stereocenters. The number of nitrogens with zero attached hydrogens (tertiary/aromatic N) is 2. The highest BCUT2D eigenvalue weighted by atomic mass is 16.1. The van der Waals surface area contributed by atoms with E-state index in [0.29, 0.717) is 22.2 Å². The normalized spacial score (nSPS) is 9.93. The summed E-state index contributed by atoms with van der Waals surface area (Å²) >= 11 is 0. The lowest BCUT2D eigenvalue weighted by molar-refractivity contribution is 0.100. The van der Waals surface area contributed by atoms with Crippen LogP contribution in [0.25, 0.3) is 10.9 Å². The first kappa shape index (κ1) is 8.26. The number of H-pyrrole nitrogens is 1. The Labute approximate surface area is 79.1 Å². The molecule has 0 saturated heterocycles. The molecule has 0 bridgehead atoms. The minimum Gasteiger partial charge on any atom is -0.366 e. The molecule has 5 heteroatoms. The molecule has 0 radical (unpaired) electrons. The van der Waals surface area contributed by atoms with E-state index < -0.39 is 5.91 Å². The Kier molecular flexibility index (Phi) is 1.68. The Morgan fingerprint density at radius 1 is 1.57 bits per heavy atom. The number of nitrogens with two attached hydrogens (primary N) is 1. The Morgan fingerprint density at radius 3 is 3.00 bits per heavy atom. The summed E-state index contributed by atoms with van der Waals surface area (Å²) in [4.78, 5) is 10.8. The number of aromatic amines is 1. The van der Waals surface area contributed by atoms with Gasteiger partial charge in [0.15, 0.2) is 5.69 Å². The molecule has 5 nitrogen and oxygen atoms in total. The molecule has 68 valence electrons. The monoisotopic (exact) mass is 186 g/mol. The number of carbonyl (C=O) groups excluding carboxylic acids is 1. The van der Waals surface area contributed by atoms with Crippen molar-refractivity contribution in [1.29, 1.82) is 5.26 Å². The maximum absolute atomic E-state index is 10.8. The molecule has 0 aliphatic carbocycles. The second-order valence-electron chi connectivity index (χ2n) is 2.81. The third-order valence-corrected chi connectivity index (χ3v) is 1.95. The molecule has 0 aliphatic rings. The van der Waals surface area contributed by atoms with E-state index in [1.807, 2.05) is 6.07 Å². The van der Waals surface area contributed by atoms with Gasteiger partial charge < -0.3 is 5.73 Å². The van der Waals surface area contributed by atoms with E-state index in [9.17, 15) is 4.79 Å². The van der Waals surface area contributed by atoms with Crippen LogP contribution in [0.15, 0.2) is 18.2 Å². The van der Waals surface area contributed by atoms with Gasteiger partial charge in [0.2, 0.25) is 5.91 Å². The van der Waals surface area contributed by atoms with E-state index in [-0.39, 0.29) is 0 Å². The average Bonchev–Trinajstić information content (AvgIpc) is 2.59. The van der Waals surface area contributed by atoms with Gasteiger partial charge in [0.1, 0.15) is 6.07 Å². The lowest BCUT2D eigenvalue weighted by atomic mass is 10.1. The third kappa shape index (κ3) is 1.10. The van der Waals surface area contributed by atoms with Gasteiger partial charge >= 0.3 is 0 Å². The van der Waals surface area contributed by atoms with Crippen LogP contribution in [0, 0.1) is 11.3 Å². The van der Waals surface area contributed by atoms with Gasteiger partial charge in [-0.15, -0.1) is 0 Å². The molecular formula is C9H6N4O. The Balaban J connectivity index is 2.70. The minimum absolute atomic E-state index is 0.316. The minimum atomic E-state index is -0.500. The van der Waals surface area contributed by atoms with Crippen molar-refractivity contribution in [3.8, 4) is 6.07 Å². The molecule has 1 heterocycles. The first-order valence-corrected chi connectivity index (χ1v) is 3.90. The predicted molar refractivity (Wildman–Crippen MR) is 49.3 cm³/mol. The van der Waals surface area contributed by atoms with Crippen LogP contribution in [0.3, 0.4) is 0 Å². The molecular weight excluding hydrogens is 180 g/mol. The number of carbonyl (C=O) groups is 1. The summed E-state index contributed by atoms with van der Waals surface area (Å²) in [7, 11) is 0. The van der Waals surface area contributed by atoms with Gasteiger partial charge in [0, 0.05) is 10.9 Å². The van der Waals surface area contributed by atoms with Crippen LogP contribution >= 0.6 is 0 Å². The summed E-state index contributed by atoms with van der Waals surface area (Å²) < 4.78 is 0. The van der Waals surface area contributed by atoms with Crippen molar-refractivity contribution in [1.82, 2.24) is 10.2 Å². The molecule has 1 amide bonds. The number of nitriles is 1. The van der Waals surface area contributed by atoms with Crippen molar-refractivity contribution in [3.05, 3.63) is 29.5 Å². The highest BCUT2D eigenvalue weighted by molar-refractivity contribution is 5.97. The first-order valence-electron chi connectivity index (χ1n) is 3.90. The van der Waals surface area contributed by atoms with Crippen molar-refractivity contribution in [2.24, 2.45) is 5.73 Å². The zero-order chi connectivity index (χ0) is 10.1. The topological polar surface area (TPSA) is 95.6 Å². The van der Waals surface area contributed by atoms with Crippen LogP contribution in [-0.4, -0.2) is 16.1 Å². The molecule has 1 aromatic carbocycles. The maximum atomic E-state index is 10.8. The van der Waals surface area contributed by atoms with Crippen molar-refractivity contribution >= 4 is 16.8 Å². The van der Waals surface area contributed by atoms with Gasteiger partial charge in [0.25, 0.3) is 0 Å². The first-order chi connectivity index (χ1) is 6.72. The number of nitrogens with one attached hydrogen (secondary N) is 1. The molecule has 0 aliphatic heterocycles. The summed E-state index contributed by atoms with van der Waals surface area (Å²) in [6.45, 7) is 0. The number of primary amides is 1. The average molecular weight is 186 g/mol. The molecule has 0 fully saturated rings. The van der Waals surface area contributed by atoms with E-state index in [4.69, 9.17) is 11.0 Å². The number of fused-ring (bicyclic) bond motifs is 1. The Bertz CT molecular complexity index is 549. The molecule has 14 heavy (non-hydrogen) atoms. The fourth-order valence-electron chi connectivity index (χ4n) is 1.26. The van der Waals surface area contributed by atoms with Gasteiger partial charge in [-0.2, -0.15) is 10.4 Å². The standard InChI is InChI=1S/C9H6N4O/c10-4-8-6-2-1-5(9(11)14)3-7(6)12-13-8/h1-3H,(H2,11,14)(H,12,13). The number of aromatic nitrogens is 2. The number of benzene rings is 1. The van der Waals surface area contributed by atoms with Gasteiger partial charge in [-0.25, -0.2) is 0 Å². The predicted octanol–water partition coefficient (Wildman–Crippen LogP) is 0.533. The van der Waals surface area contributed by atoms with Crippen LogP contribution in [0.4, 0.5) is 0 Å². The molecule has 0 saturated carbocycles. The lowest BCUT2D eigenvalue weighted by Gasteiger charge is -1.93. The van der Waals surface area contributed by atoms with E-state index >= 15 is 0 Å².